The van der Waals surface area contributed by atoms with Gasteiger partial charge in [-0.25, -0.2) is 0 Å². The van der Waals surface area contributed by atoms with Crippen molar-refractivity contribution in [1.82, 2.24) is 0 Å². The topological polar surface area (TPSA) is 0 Å². The minimum absolute atomic E-state index is 0.984. The van der Waals surface area contributed by atoms with Gasteiger partial charge in [-0.3, -0.25) is 0 Å². The molecule has 1 saturated heterocycles. The van der Waals surface area contributed by atoms with E-state index in [0.29, 0.717) is 0 Å². The summed E-state index contributed by atoms with van der Waals surface area (Å²) in [6.07, 6.45) is 9.94. The molecule has 1 fully saturated rings. The van der Waals surface area contributed by atoms with Crippen LogP contribution in [0.2, 0.25) is 18.6 Å². The zero-order valence-corrected chi connectivity index (χ0v) is 11.1. The Kier molecular flexibility index (Phi) is 4.94. The normalized spacial score (nSPS) is 28.0. The first kappa shape index (κ1) is 12.0. The van der Waals surface area contributed by atoms with Crippen molar-refractivity contribution in [1.29, 1.82) is 0 Å². The van der Waals surface area contributed by atoms with E-state index >= 15 is 0 Å². The monoisotopic (exact) mass is 210 g/mol. The van der Waals surface area contributed by atoms with Gasteiger partial charge in [-0.15, -0.1) is 6.58 Å². The molecule has 82 valence electrons. The standard InChI is InChI=1S/C13H26Si/c1-4-5-6-8-11-14(3)12-9-7-10-13(14)2/h2,4-12H2,1,3H3. The van der Waals surface area contributed by atoms with Gasteiger partial charge in [0.2, 0.25) is 0 Å². The van der Waals surface area contributed by atoms with Crippen LogP contribution in [0.1, 0.15) is 51.9 Å². The van der Waals surface area contributed by atoms with Crippen LogP contribution < -0.4 is 0 Å². The van der Waals surface area contributed by atoms with Gasteiger partial charge in [-0.05, 0) is 6.42 Å². The lowest BCUT2D eigenvalue weighted by Crippen LogP contribution is -2.35. The predicted molar refractivity (Wildman–Crippen MR) is 68.4 cm³/mol. The summed E-state index contributed by atoms with van der Waals surface area (Å²) in [5.41, 5.74) is 0. The van der Waals surface area contributed by atoms with E-state index in [0.717, 1.165) is 0 Å². The van der Waals surface area contributed by atoms with Crippen LogP contribution in [0.4, 0.5) is 0 Å². The summed E-state index contributed by atoms with van der Waals surface area (Å²) < 4.78 is 0. The van der Waals surface area contributed by atoms with E-state index in [1.165, 1.54) is 57.0 Å². The highest BCUT2D eigenvalue weighted by Gasteiger charge is 2.31. The molecule has 0 saturated carbocycles. The molecule has 0 aromatic carbocycles. The van der Waals surface area contributed by atoms with E-state index in [2.05, 4.69) is 20.0 Å². The second-order valence-electron chi connectivity index (χ2n) is 5.18. The lowest BCUT2D eigenvalue weighted by atomic mass is 10.2. The number of allylic oxidation sites excluding steroid dienone is 1. The summed E-state index contributed by atoms with van der Waals surface area (Å²) in [6, 6.07) is 3.05. The van der Waals surface area contributed by atoms with E-state index in [-0.39, 0.29) is 0 Å². The third kappa shape index (κ3) is 3.27. The Morgan fingerprint density at radius 3 is 2.64 bits per heavy atom. The van der Waals surface area contributed by atoms with Gasteiger partial charge in [-0.1, -0.05) is 69.3 Å². The van der Waals surface area contributed by atoms with Crippen LogP contribution in [0.15, 0.2) is 11.8 Å². The van der Waals surface area contributed by atoms with E-state index < -0.39 is 8.07 Å². The van der Waals surface area contributed by atoms with Crippen molar-refractivity contribution in [2.75, 3.05) is 0 Å². The zero-order valence-electron chi connectivity index (χ0n) is 10.1. The Labute approximate surface area is 90.8 Å². The molecule has 0 aromatic rings. The van der Waals surface area contributed by atoms with Crippen LogP contribution in [0, 0.1) is 0 Å². The van der Waals surface area contributed by atoms with Gasteiger partial charge >= 0.3 is 0 Å². The molecule has 0 aliphatic carbocycles. The van der Waals surface area contributed by atoms with E-state index in [1.807, 2.05) is 0 Å². The molecule has 0 nitrogen and oxygen atoms in total. The van der Waals surface area contributed by atoms with Crippen molar-refractivity contribution in [3.8, 4) is 0 Å². The second-order valence-corrected chi connectivity index (χ2v) is 10.0. The summed E-state index contributed by atoms with van der Waals surface area (Å²) in [4.78, 5) is 0. The van der Waals surface area contributed by atoms with Crippen molar-refractivity contribution >= 4 is 8.07 Å². The van der Waals surface area contributed by atoms with E-state index in [4.69, 9.17) is 0 Å². The van der Waals surface area contributed by atoms with E-state index in [9.17, 15) is 0 Å². The molecule has 0 bridgehead atoms. The molecular weight excluding hydrogens is 184 g/mol. The molecule has 1 atom stereocenters. The highest BCUT2D eigenvalue weighted by molar-refractivity contribution is 6.85. The lowest BCUT2D eigenvalue weighted by Gasteiger charge is -2.34. The van der Waals surface area contributed by atoms with Crippen LogP contribution in [-0.4, -0.2) is 8.07 Å². The molecule has 1 aliphatic heterocycles. The van der Waals surface area contributed by atoms with Gasteiger partial charge < -0.3 is 0 Å². The minimum atomic E-state index is -0.984. The Bertz CT molecular complexity index is 186. The SMILES string of the molecule is C=C1CCCC[Si]1(C)CCCCCC. The summed E-state index contributed by atoms with van der Waals surface area (Å²) >= 11 is 0. The molecule has 0 amide bonds. The largest absolute Gasteiger partial charge is 0.104 e. The summed E-state index contributed by atoms with van der Waals surface area (Å²) in [7, 11) is -0.984. The molecule has 14 heavy (non-hydrogen) atoms. The molecule has 1 unspecified atom stereocenters. The Morgan fingerprint density at radius 1 is 1.21 bits per heavy atom. The Balaban J connectivity index is 2.28. The first-order valence-electron chi connectivity index (χ1n) is 6.37. The molecular formula is C13H26Si. The molecule has 1 heteroatoms. The highest BCUT2D eigenvalue weighted by atomic mass is 28.3. The molecule has 0 radical (unpaired) electrons. The van der Waals surface area contributed by atoms with Gasteiger partial charge in [0.05, 0.1) is 8.07 Å². The smallest absolute Gasteiger partial charge is 0.0777 e. The fourth-order valence-electron chi connectivity index (χ4n) is 2.58. The van der Waals surface area contributed by atoms with Gasteiger partial charge in [0, 0.05) is 0 Å². The van der Waals surface area contributed by atoms with Crippen LogP contribution in [0.3, 0.4) is 0 Å². The average Bonchev–Trinajstić information content (AvgIpc) is 2.18. The molecule has 1 aliphatic rings. The molecule has 1 rings (SSSR count). The van der Waals surface area contributed by atoms with E-state index in [1.54, 1.807) is 5.20 Å². The summed E-state index contributed by atoms with van der Waals surface area (Å²) in [5.74, 6) is 0. The summed E-state index contributed by atoms with van der Waals surface area (Å²) in [5, 5.41) is 1.67. The minimum Gasteiger partial charge on any atom is -0.104 e. The molecule has 0 spiro atoms. The highest BCUT2D eigenvalue weighted by Crippen LogP contribution is 2.35. The van der Waals surface area contributed by atoms with Crippen molar-refractivity contribution < 1.29 is 0 Å². The first-order chi connectivity index (χ1) is 6.69. The van der Waals surface area contributed by atoms with Gasteiger partial charge in [0.15, 0.2) is 0 Å². The lowest BCUT2D eigenvalue weighted by molar-refractivity contribution is 0.686. The zero-order chi connectivity index (χ0) is 10.4. The first-order valence-corrected chi connectivity index (χ1v) is 9.29. The van der Waals surface area contributed by atoms with Crippen molar-refractivity contribution in [2.24, 2.45) is 0 Å². The maximum absolute atomic E-state index is 4.33. The number of hydrogen-bond donors (Lipinski definition) is 0. The Morgan fingerprint density at radius 2 is 2.00 bits per heavy atom. The maximum atomic E-state index is 4.33. The van der Waals surface area contributed by atoms with Crippen LogP contribution >= 0.6 is 0 Å². The van der Waals surface area contributed by atoms with Crippen molar-refractivity contribution in [3.63, 3.8) is 0 Å². The number of hydrogen-bond acceptors (Lipinski definition) is 0. The van der Waals surface area contributed by atoms with Gasteiger partial charge in [0.25, 0.3) is 0 Å². The average molecular weight is 210 g/mol. The van der Waals surface area contributed by atoms with Crippen molar-refractivity contribution in [2.45, 2.75) is 70.5 Å². The summed E-state index contributed by atoms with van der Waals surface area (Å²) in [6.45, 7) is 9.19. The number of rotatable bonds is 5. The van der Waals surface area contributed by atoms with Gasteiger partial charge in [0.1, 0.15) is 0 Å². The fourth-order valence-corrected chi connectivity index (χ4v) is 6.37. The van der Waals surface area contributed by atoms with Crippen LogP contribution in [0.5, 0.6) is 0 Å². The van der Waals surface area contributed by atoms with Crippen LogP contribution in [0.25, 0.3) is 0 Å². The maximum Gasteiger partial charge on any atom is 0.0777 e. The van der Waals surface area contributed by atoms with Gasteiger partial charge in [-0.2, -0.15) is 0 Å². The molecule has 0 N–H and O–H groups in total. The quantitative estimate of drug-likeness (QED) is 0.446. The Hall–Kier alpha value is -0.0431. The molecule has 0 aromatic heterocycles. The fraction of sp³-hybridized carbons (Fsp3) is 0.846. The third-order valence-electron chi connectivity index (χ3n) is 3.89. The second kappa shape index (κ2) is 5.74. The van der Waals surface area contributed by atoms with Crippen LogP contribution in [-0.2, 0) is 0 Å². The third-order valence-corrected chi connectivity index (χ3v) is 8.76. The molecule has 1 heterocycles. The number of unbranched alkanes of at least 4 members (excludes halogenated alkanes) is 3. The predicted octanol–water partition coefficient (Wildman–Crippen LogP) is 4.92. The van der Waals surface area contributed by atoms with Crippen molar-refractivity contribution in [3.05, 3.63) is 11.8 Å².